The number of hydrogen-bond donors (Lipinski definition) is 1. The number of hydrogen-bond acceptors (Lipinski definition) is 6. The van der Waals surface area contributed by atoms with Gasteiger partial charge in [0.1, 0.15) is 0 Å². The largest absolute Gasteiger partial charge is 0.380 e. The minimum atomic E-state index is -0.380. The molecule has 2 amide bonds. The van der Waals surface area contributed by atoms with Gasteiger partial charge in [0.05, 0.1) is 50.8 Å². The summed E-state index contributed by atoms with van der Waals surface area (Å²) in [5.41, 5.74) is 3.28. The van der Waals surface area contributed by atoms with Gasteiger partial charge in [-0.1, -0.05) is 36.4 Å². The quantitative estimate of drug-likeness (QED) is 0.425. The molecule has 0 spiro atoms. The lowest BCUT2D eigenvalue weighted by Gasteiger charge is -2.09. The molecule has 1 aromatic carbocycles. The van der Waals surface area contributed by atoms with Gasteiger partial charge in [0.15, 0.2) is 0 Å². The molecule has 1 aliphatic carbocycles. The van der Waals surface area contributed by atoms with E-state index in [1.54, 1.807) is 0 Å². The van der Waals surface area contributed by atoms with Crippen molar-refractivity contribution in [3.8, 4) is 0 Å². The molecule has 3 aromatic rings. The van der Waals surface area contributed by atoms with Gasteiger partial charge in [0.25, 0.3) is 11.8 Å². The average Bonchev–Trinajstić information content (AvgIpc) is 3.52. The highest BCUT2D eigenvalue weighted by atomic mass is 16.5. The Morgan fingerprint density at radius 3 is 2.15 bits per heavy atom. The number of carbonyl (C=O) groups excluding carboxylic acids is 2. The predicted octanol–water partition coefficient (Wildman–Crippen LogP) is 2.00. The lowest BCUT2D eigenvalue weighted by molar-refractivity contribution is -0.122. The number of ether oxygens (including phenoxy) is 4. The van der Waals surface area contributed by atoms with Crippen LogP contribution in [0.25, 0.3) is 34.2 Å². The van der Waals surface area contributed by atoms with Gasteiger partial charge in [0.2, 0.25) is 0 Å². The van der Waals surface area contributed by atoms with Gasteiger partial charge in [-0.2, -0.15) is 0 Å². The molecule has 0 saturated heterocycles. The first kappa shape index (κ1) is 27.4. The van der Waals surface area contributed by atoms with Crippen LogP contribution >= 0.6 is 0 Å². The van der Waals surface area contributed by atoms with Gasteiger partial charge in [-0.3, -0.25) is 14.9 Å². The number of nitrogens with one attached hydrogen (secondary N) is 1. The third-order valence-electron chi connectivity index (χ3n) is 7.54. The molecule has 0 saturated carbocycles. The Bertz CT molecular complexity index is 1630. The number of amides is 2. The van der Waals surface area contributed by atoms with Crippen molar-refractivity contribution in [3.63, 3.8) is 0 Å². The summed E-state index contributed by atoms with van der Waals surface area (Å²) in [6, 6.07) is 7.95. The van der Waals surface area contributed by atoms with Crippen LogP contribution in [0.4, 0.5) is 0 Å². The van der Waals surface area contributed by atoms with E-state index in [1.165, 1.54) is 0 Å². The number of nitrogens with zero attached hydrogens (tertiary/aromatic N) is 2. The van der Waals surface area contributed by atoms with Gasteiger partial charge in [0, 0.05) is 71.3 Å². The maximum absolute atomic E-state index is 13.4. The number of benzene rings is 1. The first-order chi connectivity index (χ1) is 20.2. The number of rotatable bonds is 0. The SMILES string of the molecule is O=C1NC(=O)C2=C1c1cn(c3c1=CCC=CC=3)CCOCCCOCCOCCOCCn1cc2c2ccccc21. The Hall–Kier alpha value is -3.76. The van der Waals surface area contributed by atoms with Gasteiger partial charge in [-0.15, -0.1) is 0 Å². The number of allylic oxidation sites excluding steroid dienone is 2. The minimum absolute atomic E-state index is 0.377. The van der Waals surface area contributed by atoms with Crippen LogP contribution in [0, 0.1) is 0 Å². The van der Waals surface area contributed by atoms with E-state index in [-0.39, 0.29) is 11.8 Å². The van der Waals surface area contributed by atoms with E-state index < -0.39 is 0 Å². The van der Waals surface area contributed by atoms with Crippen molar-refractivity contribution in [1.29, 1.82) is 0 Å². The van der Waals surface area contributed by atoms with Gasteiger partial charge in [-0.25, -0.2) is 0 Å². The Labute approximate surface area is 238 Å². The molecule has 9 heteroatoms. The van der Waals surface area contributed by atoms with E-state index in [0.29, 0.717) is 77.1 Å². The maximum Gasteiger partial charge on any atom is 0.259 e. The Kier molecular flexibility index (Phi) is 8.57. The zero-order valence-corrected chi connectivity index (χ0v) is 23.1. The topological polar surface area (TPSA) is 93.0 Å². The third-order valence-corrected chi connectivity index (χ3v) is 7.54. The van der Waals surface area contributed by atoms with Crippen LogP contribution in [0.3, 0.4) is 0 Å². The first-order valence-corrected chi connectivity index (χ1v) is 14.3. The van der Waals surface area contributed by atoms with Crippen molar-refractivity contribution in [2.24, 2.45) is 0 Å². The van der Waals surface area contributed by atoms with Crippen LogP contribution in [0.15, 0.2) is 48.8 Å². The van der Waals surface area contributed by atoms with Crippen LogP contribution in [0.5, 0.6) is 0 Å². The monoisotopic (exact) mass is 557 g/mol. The Morgan fingerprint density at radius 2 is 1.34 bits per heavy atom. The van der Waals surface area contributed by atoms with E-state index in [0.717, 1.165) is 45.4 Å². The summed E-state index contributed by atoms with van der Waals surface area (Å²) < 4.78 is 27.2. The van der Waals surface area contributed by atoms with Crippen molar-refractivity contribution >= 4 is 46.0 Å². The molecule has 0 unspecified atom stereocenters. The van der Waals surface area contributed by atoms with Gasteiger partial charge < -0.3 is 28.1 Å². The van der Waals surface area contributed by atoms with Crippen molar-refractivity contribution < 1.29 is 28.5 Å². The molecule has 3 aliphatic rings. The molecule has 2 aromatic heterocycles. The standard InChI is InChI=1S/C32H35N3O6/c36-31-29-25-21-34(27-9-3-1-2-7-23(25)27)11-15-38-13-6-14-39-17-19-41-20-18-40-16-12-35-22-26(30(29)32(37)33-31)24-8-4-5-10-28(24)35/h1,3-5,7-10,21-22H,2,6,11-20H2,(H,33,36,37). The molecule has 2 aliphatic heterocycles. The summed E-state index contributed by atoms with van der Waals surface area (Å²) >= 11 is 0. The molecular formula is C32H35N3O6. The zero-order valence-electron chi connectivity index (χ0n) is 23.1. The van der Waals surface area contributed by atoms with Gasteiger partial charge in [-0.05, 0) is 25.0 Å². The second-order valence-electron chi connectivity index (χ2n) is 10.2. The fourth-order valence-corrected chi connectivity index (χ4v) is 5.63. The summed E-state index contributed by atoms with van der Waals surface area (Å²) in [5.74, 6) is -0.757. The molecule has 4 bridgehead atoms. The third kappa shape index (κ3) is 5.85. The summed E-state index contributed by atoms with van der Waals surface area (Å²) in [4.78, 5) is 26.8. The molecule has 0 fully saturated rings. The fraction of sp³-hybridized carbons (Fsp3) is 0.375. The van der Waals surface area contributed by atoms with E-state index in [9.17, 15) is 9.59 Å². The average molecular weight is 558 g/mol. The van der Waals surface area contributed by atoms with Crippen molar-refractivity contribution in [3.05, 3.63) is 70.5 Å². The normalized spacial score (nSPS) is 19.6. The molecule has 9 nitrogen and oxygen atoms in total. The predicted molar refractivity (Wildman–Crippen MR) is 156 cm³/mol. The molecule has 41 heavy (non-hydrogen) atoms. The van der Waals surface area contributed by atoms with E-state index in [1.807, 2.05) is 42.7 Å². The fourth-order valence-electron chi connectivity index (χ4n) is 5.63. The Morgan fingerprint density at radius 1 is 0.707 bits per heavy atom. The smallest absolute Gasteiger partial charge is 0.259 e. The Balaban J connectivity index is 1.44. The molecule has 6 rings (SSSR count). The van der Waals surface area contributed by atoms with Crippen molar-refractivity contribution in [2.45, 2.75) is 25.9 Å². The highest BCUT2D eigenvalue weighted by Crippen LogP contribution is 2.35. The van der Waals surface area contributed by atoms with Crippen molar-refractivity contribution in [2.75, 3.05) is 52.9 Å². The number of para-hydroxylation sites is 1. The summed E-state index contributed by atoms with van der Waals surface area (Å²) in [5, 5.41) is 5.44. The second-order valence-corrected chi connectivity index (χ2v) is 10.2. The molecular weight excluding hydrogens is 522 g/mol. The number of fused-ring (bicyclic) bond motifs is 12. The number of imide groups is 1. The summed E-state index contributed by atoms with van der Waals surface area (Å²) in [6.07, 6.45) is 13.8. The van der Waals surface area contributed by atoms with Gasteiger partial charge >= 0.3 is 0 Å². The molecule has 0 radical (unpaired) electrons. The highest BCUT2D eigenvalue weighted by molar-refractivity contribution is 6.50. The summed E-state index contributed by atoms with van der Waals surface area (Å²) in [7, 11) is 0. The van der Waals surface area contributed by atoms with Crippen LogP contribution in [-0.4, -0.2) is 73.8 Å². The van der Waals surface area contributed by atoms with Crippen LogP contribution in [-0.2, 0) is 41.6 Å². The van der Waals surface area contributed by atoms with E-state index in [2.05, 4.69) is 32.7 Å². The molecule has 214 valence electrons. The van der Waals surface area contributed by atoms with Crippen molar-refractivity contribution in [1.82, 2.24) is 14.5 Å². The molecule has 1 N–H and O–H groups in total. The minimum Gasteiger partial charge on any atom is -0.380 e. The zero-order chi connectivity index (χ0) is 28.0. The number of aromatic nitrogens is 2. The first-order valence-electron chi connectivity index (χ1n) is 14.3. The maximum atomic E-state index is 13.4. The van der Waals surface area contributed by atoms with Crippen LogP contribution in [0.2, 0.25) is 0 Å². The second kappa shape index (κ2) is 12.8. The molecule has 4 heterocycles. The molecule has 0 atom stereocenters. The lowest BCUT2D eigenvalue weighted by Crippen LogP contribution is -2.31. The van der Waals surface area contributed by atoms with E-state index >= 15 is 0 Å². The lowest BCUT2D eigenvalue weighted by atomic mass is 9.96. The van der Waals surface area contributed by atoms with Crippen LogP contribution < -0.4 is 15.9 Å². The number of carbonyl (C=O) groups is 2. The highest BCUT2D eigenvalue weighted by Gasteiger charge is 2.35. The summed E-state index contributed by atoms with van der Waals surface area (Å²) in [6.45, 7) is 5.48. The van der Waals surface area contributed by atoms with Crippen LogP contribution in [0.1, 0.15) is 24.0 Å². The van der Waals surface area contributed by atoms with E-state index in [4.69, 9.17) is 18.9 Å².